The van der Waals surface area contributed by atoms with E-state index >= 15 is 0 Å². The molecule has 1 aromatic carbocycles. The maximum absolute atomic E-state index is 11.9. The average molecular weight is 304 g/mol. The Morgan fingerprint density at radius 1 is 1.33 bits per heavy atom. The molecule has 0 unspecified atom stereocenters. The summed E-state index contributed by atoms with van der Waals surface area (Å²) in [6, 6.07) is 7.00. The van der Waals surface area contributed by atoms with Crippen LogP contribution in [0, 0.1) is 22.7 Å². The predicted octanol–water partition coefficient (Wildman–Crippen LogP) is 1.96. The van der Waals surface area contributed by atoms with Crippen LogP contribution in [0.15, 0.2) is 18.2 Å². The number of benzene rings is 1. The average Bonchev–Trinajstić information content (AvgIpc) is 2.93. The van der Waals surface area contributed by atoms with Crippen LogP contribution in [-0.2, 0) is 4.79 Å². The van der Waals surface area contributed by atoms with Gasteiger partial charge in [0.25, 0.3) is 0 Å². The number of nitriles is 2. The predicted molar refractivity (Wildman–Crippen MR) is 74.4 cm³/mol. The first-order valence-electron chi connectivity index (χ1n) is 5.95. The van der Waals surface area contributed by atoms with Gasteiger partial charge in [0.2, 0.25) is 12.7 Å². The van der Waals surface area contributed by atoms with Crippen LogP contribution in [0.5, 0.6) is 11.5 Å². The molecular weight excluding hydrogens is 294 g/mol. The van der Waals surface area contributed by atoms with Crippen molar-refractivity contribution in [1.82, 2.24) is 4.90 Å². The first-order valence-corrected chi connectivity index (χ1v) is 6.33. The van der Waals surface area contributed by atoms with E-state index in [0.29, 0.717) is 22.1 Å². The fourth-order valence-electron chi connectivity index (χ4n) is 1.74. The van der Waals surface area contributed by atoms with Gasteiger partial charge in [-0.1, -0.05) is 11.6 Å². The Hall–Kier alpha value is -2.70. The molecule has 0 fully saturated rings. The number of halogens is 1. The molecule has 106 valence electrons. The summed E-state index contributed by atoms with van der Waals surface area (Å²) in [5.41, 5.74) is 0.659. The Morgan fingerprint density at radius 2 is 2.05 bits per heavy atom. The minimum Gasteiger partial charge on any atom is -0.454 e. The summed E-state index contributed by atoms with van der Waals surface area (Å²) >= 11 is 6.03. The molecule has 6 nitrogen and oxygen atoms in total. The molecule has 0 spiro atoms. The minimum atomic E-state index is -0.424. The number of rotatable bonds is 4. The van der Waals surface area contributed by atoms with Crippen LogP contribution in [0.25, 0.3) is 6.08 Å². The van der Waals surface area contributed by atoms with E-state index < -0.39 is 5.91 Å². The molecule has 1 heterocycles. The van der Waals surface area contributed by atoms with Gasteiger partial charge in [0.1, 0.15) is 13.1 Å². The van der Waals surface area contributed by atoms with Crippen molar-refractivity contribution < 1.29 is 14.3 Å². The van der Waals surface area contributed by atoms with Crippen molar-refractivity contribution in [2.75, 3.05) is 19.9 Å². The lowest BCUT2D eigenvalue weighted by atomic mass is 10.2. The fourth-order valence-corrected chi connectivity index (χ4v) is 2.01. The zero-order valence-corrected chi connectivity index (χ0v) is 11.6. The lowest BCUT2D eigenvalue weighted by Gasteiger charge is -2.12. The zero-order valence-electron chi connectivity index (χ0n) is 10.9. The molecule has 0 radical (unpaired) electrons. The molecule has 1 aliphatic rings. The third-order valence-electron chi connectivity index (χ3n) is 2.70. The molecule has 2 rings (SSSR count). The number of nitrogens with zero attached hydrogens (tertiary/aromatic N) is 3. The van der Waals surface area contributed by atoms with Gasteiger partial charge in [-0.2, -0.15) is 10.5 Å². The highest BCUT2D eigenvalue weighted by atomic mass is 35.5. The maximum Gasteiger partial charge on any atom is 0.248 e. The number of carbonyl (C=O) groups excluding carboxylic acids is 1. The van der Waals surface area contributed by atoms with Crippen molar-refractivity contribution in [3.63, 3.8) is 0 Å². The lowest BCUT2D eigenvalue weighted by Crippen LogP contribution is -2.30. The SMILES string of the molecule is N#CCN(CC#N)C(=O)/C=C/c1cc(Cl)c2c(c1)OCO2. The van der Waals surface area contributed by atoms with Gasteiger partial charge in [-0.05, 0) is 23.8 Å². The molecule has 1 amide bonds. The smallest absolute Gasteiger partial charge is 0.248 e. The van der Waals surface area contributed by atoms with Crippen LogP contribution in [0.1, 0.15) is 5.56 Å². The molecule has 0 saturated heterocycles. The van der Waals surface area contributed by atoms with Gasteiger partial charge in [-0.15, -0.1) is 0 Å². The number of ether oxygens (including phenoxy) is 2. The third kappa shape index (κ3) is 3.44. The van der Waals surface area contributed by atoms with Crippen LogP contribution in [0.3, 0.4) is 0 Å². The van der Waals surface area contributed by atoms with Gasteiger partial charge in [0.15, 0.2) is 11.5 Å². The van der Waals surface area contributed by atoms with E-state index in [0.717, 1.165) is 4.90 Å². The van der Waals surface area contributed by atoms with Crippen LogP contribution < -0.4 is 9.47 Å². The monoisotopic (exact) mass is 303 g/mol. The highest BCUT2D eigenvalue weighted by Gasteiger charge is 2.17. The molecule has 1 aliphatic heterocycles. The second-order valence-corrected chi connectivity index (χ2v) is 4.49. The van der Waals surface area contributed by atoms with Crippen molar-refractivity contribution in [2.45, 2.75) is 0 Å². The van der Waals surface area contributed by atoms with E-state index in [9.17, 15) is 4.79 Å². The van der Waals surface area contributed by atoms with Gasteiger partial charge in [0, 0.05) is 6.08 Å². The van der Waals surface area contributed by atoms with Crippen molar-refractivity contribution in [2.24, 2.45) is 0 Å². The van der Waals surface area contributed by atoms with Gasteiger partial charge in [-0.3, -0.25) is 4.79 Å². The molecule has 1 aromatic rings. The number of fused-ring (bicyclic) bond motifs is 1. The van der Waals surface area contributed by atoms with Crippen LogP contribution >= 0.6 is 11.6 Å². The third-order valence-corrected chi connectivity index (χ3v) is 2.98. The largest absolute Gasteiger partial charge is 0.454 e. The molecule has 21 heavy (non-hydrogen) atoms. The summed E-state index contributed by atoms with van der Waals surface area (Å²) in [6.07, 6.45) is 2.82. The first-order chi connectivity index (χ1) is 10.2. The normalized spacial score (nSPS) is 12.0. The van der Waals surface area contributed by atoms with Crippen molar-refractivity contribution in [3.8, 4) is 23.6 Å². The second kappa shape index (κ2) is 6.65. The standard InChI is InChI=1S/C14H10ClN3O3/c15-11-7-10(8-12-14(11)21-9-20-12)1-2-13(19)18(5-3-16)6-4-17/h1-2,7-8H,5-6,9H2/b2-1+. The zero-order chi connectivity index (χ0) is 15.2. The molecule has 0 N–H and O–H groups in total. The van der Waals surface area contributed by atoms with E-state index in [-0.39, 0.29) is 19.9 Å². The first kappa shape index (κ1) is 14.7. The summed E-state index contributed by atoms with van der Waals surface area (Å²) in [4.78, 5) is 13.0. The van der Waals surface area contributed by atoms with Gasteiger partial charge in [-0.25, -0.2) is 0 Å². The molecule has 0 saturated carbocycles. The lowest BCUT2D eigenvalue weighted by molar-refractivity contribution is -0.124. The molecule has 0 aliphatic carbocycles. The Kier molecular flexibility index (Phi) is 4.65. The Morgan fingerprint density at radius 3 is 2.71 bits per heavy atom. The van der Waals surface area contributed by atoms with Gasteiger partial charge in [0.05, 0.1) is 17.2 Å². The van der Waals surface area contributed by atoms with E-state index in [1.807, 2.05) is 12.1 Å². The Labute approximate surface area is 126 Å². The summed E-state index contributed by atoms with van der Waals surface area (Å²) in [5.74, 6) is 0.572. The van der Waals surface area contributed by atoms with Crippen LogP contribution in [-0.4, -0.2) is 30.7 Å². The van der Waals surface area contributed by atoms with E-state index in [1.165, 1.54) is 12.2 Å². The van der Waals surface area contributed by atoms with Crippen molar-refractivity contribution >= 4 is 23.6 Å². The summed E-state index contributed by atoms with van der Waals surface area (Å²) in [5, 5.41) is 17.6. The van der Waals surface area contributed by atoms with E-state index in [2.05, 4.69) is 0 Å². The highest BCUT2D eigenvalue weighted by molar-refractivity contribution is 6.32. The number of amides is 1. The minimum absolute atomic E-state index is 0.110. The maximum atomic E-state index is 11.9. The van der Waals surface area contributed by atoms with Crippen molar-refractivity contribution in [3.05, 3.63) is 28.8 Å². The molecule has 0 bridgehead atoms. The molecule has 0 atom stereocenters. The van der Waals surface area contributed by atoms with E-state index in [1.54, 1.807) is 12.1 Å². The number of hydrogen-bond acceptors (Lipinski definition) is 5. The topological polar surface area (TPSA) is 86.4 Å². The van der Waals surface area contributed by atoms with E-state index in [4.69, 9.17) is 31.6 Å². The fraction of sp³-hybridized carbons (Fsp3) is 0.214. The summed E-state index contributed by atoms with van der Waals surface area (Å²) in [6.45, 7) is -0.170. The Bertz CT molecular complexity index is 657. The van der Waals surface area contributed by atoms with Crippen molar-refractivity contribution in [1.29, 1.82) is 10.5 Å². The summed E-state index contributed by atoms with van der Waals surface area (Å²) < 4.78 is 10.4. The number of hydrogen-bond donors (Lipinski definition) is 0. The van der Waals surface area contributed by atoms with Crippen LogP contribution in [0.2, 0.25) is 5.02 Å². The molecule has 7 heteroatoms. The van der Waals surface area contributed by atoms with Gasteiger partial charge < -0.3 is 14.4 Å². The van der Waals surface area contributed by atoms with Gasteiger partial charge >= 0.3 is 0 Å². The molecular formula is C14H10ClN3O3. The second-order valence-electron chi connectivity index (χ2n) is 4.08. The highest BCUT2D eigenvalue weighted by Crippen LogP contribution is 2.40. The Balaban J connectivity index is 2.14. The number of carbonyl (C=O) groups is 1. The quantitative estimate of drug-likeness (QED) is 0.627. The summed E-state index contributed by atoms with van der Waals surface area (Å²) in [7, 11) is 0. The molecule has 0 aromatic heterocycles. The van der Waals surface area contributed by atoms with Crippen LogP contribution in [0.4, 0.5) is 0 Å².